The van der Waals surface area contributed by atoms with Crippen LogP contribution in [0.4, 0.5) is 0 Å². The first-order valence-electron chi connectivity index (χ1n) is 6.27. The number of nitrogens with zero attached hydrogens (tertiary/aromatic N) is 2. The summed E-state index contributed by atoms with van der Waals surface area (Å²) in [5, 5.41) is 11.5. The van der Waals surface area contributed by atoms with Crippen molar-refractivity contribution < 1.29 is 9.59 Å². The number of nitrogens with two attached hydrogens (primary N) is 1. The minimum Gasteiger partial charge on any atom is -0.359 e. The fraction of sp³-hybridized carbons (Fsp3) is 0.750. The highest BCUT2D eigenvalue weighted by Gasteiger charge is 2.50. The molecule has 4 atom stereocenters. The lowest BCUT2D eigenvalue weighted by molar-refractivity contribution is -0.133. The lowest BCUT2D eigenvalue weighted by atomic mass is 10.1. The zero-order valence-electron chi connectivity index (χ0n) is 10.8. The third kappa shape index (κ3) is 2.99. The van der Waals surface area contributed by atoms with Crippen LogP contribution in [0, 0.1) is 23.2 Å². The molecule has 1 saturated heterocycles. The van der Waals surface area contributed by atoms with E-state index in [9.17, 15) is 9.59 Å². The predicted octanol–water partition coefficient (Wildman–Crippen LogP) is -0.368. The van der Waals surface area contributed by atoms with Gasteiger partial charge in [0.15, 0.2) is 0 Å². The summed E-state index contributed by atoms with van der Waals surface area (Å²) in [6.07, 6.45) is 2.23. The zero-order chi connectivity index (χ0) is 13.3. The number of likely N-dealkylation sites (tertiary alicyclic amines) is 1. The lowest BCUT2D eigenvalue weighted by Gasteiger charge is -2.23. The second kappa shape index (κ2) is 6.22. The highest BCUT2D eigenvalue weighted by molar-refractivity contribution is 5.87. The Bertz CT molecular complexity index is 409. The molecule has 3 N–H and O–H groups in total. The highest BCUT2D eigenvalue weighted by Crippen LogP contribution is 2.41. The summed E-state index contributed by atoms with van der Waals surface area (Å²) in [6.45, 7) is 0.599. The van der Waals surface area contributed by atoms with Gasteiger partial charge in [0.2, 0.25) is 11.8 Å². The molecule has 0 unspecified atom stereocenters. The Morgan fingerprint density at radius 3 is 2.79 bits per heavy atom. The summed E-state index contributed by atoms with van der Waals surface area (Å²) in [6, 6.07) is 1.13. The van der Waals surface area contributed by atoms with Gasteiger partial charge in [-0.1, -0.05) is 0 Å². The molecular weight excluding hydrogens is 268 g/mol. The van der Waals surface area contributed by atoms with Crippen LogP contribution in [0.5, 0.6) is 0 Å². The van der Waals surface area contributed by atoms with E-state index in [1.165, 1.54) is 0 Å². The molecule has 1 saturated carbocycles. The third-order valence-electron chi connectivity index (χ3n) is 3.85. The van der Waals surface area contributed by atoms with E-state index in [0.717, 1.165) is 12.8 Å². The lowest BCUT2D eigenvalue weighted by Crippen LogP contribution is -2.47. The van der Waals surface area contributed by atoms with Crippen molar-refractivity contribution >= 4 is 24.2 Å². The fourth-order valence-corrected chi connectivity index (χ4v) is 2.64. The molecule has 2 rings (SSSR count). The van der Waals surface area contributed by atoms with Crippen LogP contribution in [0.2, 0.25) is 0 Å². The van der Waals surface area contributed by atoms with Gasteiger partial charge in [-0.05, 0) is 25.2 Å². The number of nitrogens with one attached hydrogen (secondary N) is 1. The van der Waals surface area contributed by atoms with Crippen molar-refractivity contribution in [2.75, 3.05) is 13.6 Å². The topological polar surface area (TPSA) is 99.2 Å². The normalized spacial score (nSPS) is 29.9. The number of halogens is 1. The maximum atomic E-state index is 12.2. The summed E-state index contributed by atoms with van der Waals surface area (Å²) >= 11 is 0. The van der Waals surface area contributed by atoms with Gasteiger partial charge in [0.1, 0.15) is 6.04 Å². The molecule has 2 amide bonds. The van der Waals surface area contributed by atoms with E-state index in [1.807, 2.05) is 0 Å². The van der Waals surface area contributed by atoms with E-state index >= 15 is 0 Å². The van der Waals surface area contributed by atoms with Crippen LogP contribution < -0.4 is 11.1 Å². The monoisotopic (exact) mass is 286 g/mol. The van der Waals surface area contributed by atoms with Gasteiger partial charge in [0.25, 0.3) is 0 Å². The van der Waals surface area contributed by atoms with Crippen LogP contribution in [0.1, 0.15) is 19.3 Å². The second-order valence-corrected chi connectivity index (χ2v) is 4.96. The highest BCUT2D eigenvalue weighted by atomic mass is 35.5. The Morgan fingerprint density at radius 2 is 2.21 bits per heavy atom. The number of rotatable bonds is 3. The minimum absolute atomic E-state index is 0. The largest absolute Gasteiger partial charge is 0.359 e. The van der Waals surface area contributed by atoms with E-state index in [4.69, 9.17) is 11.0 Å². The van der Waals surface area contributed by atoms with Crippen molar-refractivity contribution in [1.29, 1.82) is 5.26 Å². The van der Waals surface area contributed by atoms with Gasteiger partial charge < -0.3 is 16.0 Å². The smallest absolute Gasteiger partial charge is 0.240 e. The van der Waals surface area contributed by atoms with Gasteiger partial charge in [-0.2, -0.15) is 5.26 Å². The first-order valence-corrected chi connectivity index (χ1v) is 6.27. The molecule has 19 heavy (non-hydrogen) atoms. The molecule has 1 heterocycles. The third-order valence-corrected chi connectivity index (χ3v) is 3.85. The number of carbonyl (C=O) groups excluding carboxylic acids is 2. The number of hydrogen-bond donors (Lipinski definition) is 2. The van der Waals surface area contributed by atoms with Crippen LogP contribution in [-0.4, -0.2) is 42.4 Å². The van der Waals surface area contributed by atoms with Crippen LogP contribution in [0.3, 0.4) is 0 Å². The summed E-state index contributed by atoms with van der Waals surface area (Å²) in [5.74, 6) is -0.452. The Balaban J connectivity index is 0.00000180. The van der Waals surface area contributed by atoms with Gasteiger partial charge in [0, 0.05) is 19.5 Å². The molecule has 0 aromatic rings. The van der Waals surface area contributed by atoms with Crippen molar-refractivity contribution in [3.05, 3.63) is 0 Å². The quantitative estimate of drug-likeness (QED) is 0.739. The molecule has 0 spiro atoms. The molecule has 0 aromatic heterocycles. The van der Waals surface area contributed by atoms with Crippen LogP contribution in [0.25, 0.3) is 0 Å². The molecular formula is C12H19ClN4O2. The van der Waals surface area contributed by atoms with Crippen molar-refractivity contribution in [1.82, 2.24) is 10.2 Å². The van der Waals surface area contributed by atoms with Crippen molar-refractivity contribution in [3.8, 4) is 6.07 Å². The molecule has 2 aliphatic rings. The summed E-state index contributed by atoms with van der Waals surface area (Å²) in [7, 11) is 1.58. The SMILES string of the molecule is CNC(=O)[C@H]1C[C@H]1[C@H](N)C(=O)N1CCC[C@H]1C#N.Cl. The second-order valence-electron chi connectivity index (χ2n) is 4.96. The van der Waals surface area contributed by atoms with E-state index in [2.05, 4.69) is 11.4 Å². The molecule has 0 radical (unpaired) electrons. The van der Waals surface area contributed by atoms with Crippen LogP contribution in [0.15, 0.2) is 0 Å². The molecule has 0 bridgehead atoms. The number of amides is 2. The maximum Gasteiger partial charge on any atom is 0.240 e. The maximum absolute atomic E-state index is 12.2. The zero-order valence-corrected chi connectivity index (χ0v) is 11.7. The fourth-order valence-electron chi connectivity index (χ4n) is 2.64. The van der Waals surface area contributed by atoms with Crippen molar-refractivity contribution in [2.24, 2.45) is 17.6 Å². The molecule has 2 fully saturated rings. The van der Waals surface area contributed by atoms with E-state index in [0.29, 0.717) is 13.0 Å². The summed E-state index contributed by atoms with van der Waals surface area (Å²) in [5.41, 5.74) is 5.92. The molecule has 1 aliphatic heterocycles. The van der Waals surface area contributed by atoms with E-state index < -0.39 is 6.04 Å². The van der Waals surface area contributed by atoms with Gasteiger partial charge in [-0.3, -0.25) is 9.59 Å². The standard InChI is InChI=1S/C12H18N4O2.ClH/c1-15-11(17)9-5-8(9)10(14)12(18)16-4-2-3-7(16)6-13;/h7-10H,2-5,14H2,1H3,(H,15,17);1H/t7-,8+,9-,10-;/m0./s1. The number of hydrogen-bond acceptors (Lipinski definition) is 4. The van der Waals surface area contributed by atoms with Crippen LogP contribution in [-0.2, 0) is 9.59 Å². The number of carbonyl (C=O) groups is 2. The van der Waals surface area contributed by atoms with E-state index in [-0.39, 0.29) is 42.1 Å². The first-order chi connectivity index (χ1) is 8.60. The van der Waals surface area contributed by atoms with Crippen LogP contribution >= 0.6 is 12.4 Å². The Labute approximate surface area is 118 Å². The summed E-state index contributed by atoms with van der Waals surface area (Å²) in [4.78, 5) is 25.1. The number of nitriles is 1. The predicted molar refractivity (Wildman–Crippen MR) is 71.2 cm³/mol. The molecule has 106 valence electrons. The van der Waals surface area contributed by atoms with Crippen molar-refractivity contribution in [3.63, 3.8) is 0 Å². The Hall–Kier alpha value is -1.32. The molecule has 1 aliphatic carbocycles. The Kier molecular flexibility index (Phi) is 5.15. The molecule has 7 heteroatoms. The van der Waals surface area contributed by atoms with Crippen molar-refractivity contribution in [2.45, 2.75) is 31.3 Å². The molecule has 0 aromatic carbocycles. The minimum atomic E-state index is -0.652. The Morgan fingerprint density at radius 1 is 1.53 bits per heavy atom. The van der Waals surface area contributed by atoms with Gasteiger partial charge in [-0.15, -0.1) is 12.4 Å². The first kappa shape index (κ1) is 15.7. The summed E-state index contributed by atoms with van der Waals surface area (Å²) < 4.78 is 0. The van der Waals surface area contributed by atoms with E-state index in [1.54, 1.807) is 11.9 Å². The average molecular weight is 287 g/mol. The average Bonchev–Trinajstić information content (AvgIpc) is 3.05. The van der Waals surface area contributed by atoms with Gasteiger partial charge in [0.05, 0.1) is 12.1 Å². The molecule has 6 nitrogen and oxygen atoms in total. The van der Waals surface area contributed by atoms with Gasteiger partial charge in [-0.25, -0.2) is 0 Å². The van der Waals surface area contributed by atoms with Gasteiger partial charge >= 0.3 is 0 Å².